The van der Waals surface area contributed by atoms with Gasteiger partial charge in [0.1, 0.15) is 10.6 Å². The van der Waals surface area contributed by atoms with Gasteiger partial charge in [-0.05, 0) is 53.6 Å². The Labute approximate surface area is 201 Å². The molecular weight excluding hydrogens is 474 g/mol. The van der Waals surface area contributed by atoms with Crippen LogP contribution in [0.25, 0.3) is 0 Å². The van der Waals surface area contributed by atoms with Crippen molar-refractivity contribution in [3.63, 3.8) is 0 Å². The van der Waals surface area contributed by atoms with E-state index in [1.807, 2.05) is 0 Å². The van der Waals surface area contributed by atoms with Crippen LogP contribution in [-0.4, -0.2) is 42.8 Å². The van der Waals surface area contributed by atoms with E-state index in [1.54, 1.807) is 31.4 Å². The van der Waals surface area contributed by atoms with Gasteiger partial charge >= 0.3 is 12.0 Å². The van der Waals surface area contributed by atoms with Crippen LogP contribution in [0.3, 0.4) is 0 Å². The first kappa shape index (κ1) is 23.8. The zero-order valence-corrected chi connectivity index (χ0v) is 19.3. The van der Waals surface area contributed by atoms with Crippen molar-refractivity contribution in [2.24, 2.45) is 0 Å². The lowest BCUT2D eigenvalue weighted by atomic mass is 10.1. The van der Waals surface area contributed by atoms with Crippen molar-refractivity contribution in [3.8, 4) is 5.75 Å². The molecule has 0 saturated carbocycles. The molecule has 0 unspecified atom stereocenters. The lowest BCUT2D eigenvalue weighted by Gasteiger charge is -2.29. The normalized spacial score (nSPS) is 14.0. The molecule has 11 heteroatoms. The van der Waals surface area contributed by atoms with Crippen molar-refractivity contribution in [1.29, 1.82) is 0 Å². The van der Waals surface area contributed by atoms with Gasteiger partial charge in [0.15, 0.2) is 0 Å². The smallest absolute Gasteiger partial charge is 0.336 e. The average molecular weight is 496 g/mol. The molecule has 3 amide bonds. The molecule has 0 spiro atoms. The van der Waals surface area contributed by atoms with Crippen LogP contribution in [0.1, 0.15) is 31.8 Å². The van der Waals surface area contributed by atoms with Gasteiger partial charge in [-0.2, -0.15) is 0 Å². The topological polar surface area (TPSA) is 142 Å². The summed E-state index contributed by atoms with van der Waals surface area (Å²) in [6, 6.07) is 15.8. The van der Waals surface area contributed by atoms with Crippen molar-refractivity contribution in [1.82, 2.24) is 9.62 Å². The molecule has 1 heterocycles. The van der Waals surface area contributed by atoms with Gasteiger partial charge < -0.3 is 20.5 Å². The van der Waals surface area contributed by atoms with E-state index in [0.29, 0.717) is 15.6 Å². The van der Waals surface area contributed by atoms with E-state index in [-0.39, 0.29) is 34.8 Å². The molecule has 0 saturated heterocycles. The second kappa shape index (κ2) is 9.47. The molecule has 1 aliphatic heterocycles. The first-order chi connectivity index (χ1) is 16.7. The molecule has 0 radical (unpaired) electrons. The maximum absolute atomic E-state index is 13.2. The number of ether oxygens (including phenoxy) is 1. The number of carbonyl (C=O) groups is 3. The summed E-state index contributed by atoms with van der Waals surface area (Å²) in [7, 11) is -2.72. The van der Waals surface area contributed by atoms with E-state index in [0.717, 1.165) is 5.56 Å². The van der Waals surface area contributed by atoms with Crippen molar-refractivity contribution in [2.45, 2.75) is 18.0 Å². The number of methoxy groups -OCH3 is 1. The van der Waals surface area contributed by atoms with Gasteiger partial charge in [0.2, 0.25) is 0 Å². The number of carboxylic acid groups (broad SMARTS) is 1. The van der Waals surface area contributed by atoms with Gasteiger partial charge in [-0.3, -0.25) is 4.79 Å². The Balaban J connectivity index is 1.53. The summed E-state index contributed by atoms with van der Waals surface area (Å²) in [5.41, 5.74) is 1.47. The number of rotatable bonds is 7. The third-order valence-corrected chi connectivity index (χ3v) is 7.19. The van der Waals surface area contributed by atoms with Crippen LogP contribution >= 0.6 is 0 Å². The highest BCUT2D eigenvalue weighted by Gasteiger charge is 2.37. The number of fused-ring (bicyclic) bond motifs is 1. The highest BCUT2D eigenvalue weighted by molar-refractivity contribution is 7.90. The lowest BCUT2D eigenvalue weighted by Crippen LogP contribution is -2.43. The highest BCUT2D eigenvalue weighted by Crippen LogP contribution is 2.32. The first-order valence-corrected chi connectivity index (χ1v) is 11.8. The van der Waals surface area contributed by atoms with E-state index >= 15 is 0 Å². The summed E-state index contributed by atoms with van der Waals surface area (Å²) in [5.74, 6) is -0.914. The Morgan fingerprint density at radius 3 is 2.23 bits per heavy atom. The minimum absolute atomic E-state index is 0.0374. The Morgan fingerprint density at radius 2 is 1.60 bits per heavy atom. The van der Waals surface area contributed by atoms with Crippen molar-refractivity contribution < 1.29 is 32.6 Å². The number of nitrogens with zero attached hydrogens (tertiary/aromatic N) is 1. The molecule has 3 N–H and O–H groups in total. The van der Waals surface area contributed by atoms with Gasteiger partial charge in [0.05, 0.1) is 24.9 Å². The van der Waals surface area contributed by atoms with Gasteiger partial charge in [-0.15, -0.1) is 0 Å². The molecule has 4 rings (SSSR count). The van der Waals surface area contributed by atoms with Crippen LogP contribution in [0.2, 0.25) is 0 Å². The number of aromatic carboxylic acids is 1. The van der Waals surface area contributed by atoms with E-state index in [2.05, 4.69) is 10.6 Å². The quantitative estimate of drug-likeness (QED) is 0.457. The Kier molecular flexibility index (Phi) is 6.43. The van der Waals surface area contributed by atoms with E-state index in [4.69, 9.17) is 9.84 Å². The molecule has 0 aliphatic carbocycles. The monoisotopic (exact) mass is 495 g/mol. The number of urea groups is 1. The van der Waals surface area contributed by atoms with Crippen molar-refractivity contribution in [2.75, 3.05) is 12.4 Å². The zero-order chi connectivity index (χ0) is 25.2. The predicted octanol–water partition coefficient (Wildman–Crippen LogP) is 3.06. The minimum Gasteiger partial charge on any atom is -0.497 e. The van der Waals surface area contributed by atoms with E-state index in [1.165, 1.54) is 42.5 Å². The van der Waals surface area contributed by atoms with Gasteiger partial charge in [0, 0.05) is 12.1 Å². The van der Waals surface area contributed by atoms with Crippen LogP contribution in [0.5, 0.6) is 5.75 Å². The van der Waals surface area contributed by atoms with Gasteiger partial charge in [0.25, 0.3) is 15.9 Å². The van der Waals surface area contributed by atoms with Gasteiger partial charge in [-0.25, -0.2) is 22.3 Å². The number of hydrogen-bond donors (Lipinski definition) is 3. The molecule has 1 aliphatic rings. The minimum atomic E-state index is -4.28. The van der Waals surface area contributed by atoms with Crippen molar-refractivity contribution in [3.05, 3.63) is 89.0 Å². The third-order valence-electron chi connectivity index (χ3n) is 5.42. The molecule has 3 aromatic rings. The Morgan fingerprint density at radius 1 is 0.971 bits per heavy atom. The maximum atomic E-state index is 13.2. The molecular formula is C24H21N3O7S. The number of sulfonamides is 1. The molecule has 0 fully saturated rings. The maximum Gasteiger partial charge on any atom is 0.336 e. The number of nitrogens with one attached hydrogen (secondary N) is 2. The number of benzene rings is 3. The van der Waals surface area contributed by atoms with Crippen LogP contribution < -0.4 is 15.4 Å². The molecule has 0 aromatic heterocycles. The second-order valence-corrected chi connectivity index (χ2v) is 9.52. The first-order valence-electron chi connectivity index (χ1n) is 10.4. The fourth-order valence-electron chi connectivity index (χ4n) is 3.49. The average Bonchev–Trinajstić information content (AvgIpc) is 2.85. The third kappa shape index (κ3) is 4.94. The number of carbonyl (C=O) groups excluding carboxylic acids is 2. The fraction of sp³-hybridized carbons (Fsp3) is 0.125. The van der Waals surface area contributed by atoms with Crippen LogP contribution in [0.4, 0.5) is 10.5 Å². The second-order valence-electron chi connectivity index (χ2n) is 7.69. The van der Waals surface area contributed by atoms with Gasteiger partial charge in [-0.1, -0.05) is 24.3 Å². The molecule has 3 aromatic carbocycles. The zero-order valence-electron chi connectivity index (χ0n) is 18.5. The summed E-state index contributed by atoms with van der Waals surface area (Å²) in [5, 5.41) is 14.3. The largest absolute Gasteiger partial charge is 0.497 e. The van der Waals surface area contributed by atoms with Crippen molar-refractivity contribution >= 4 is 33.6 Å². The predicted molar refractivity (Wildman–Crippen MR) is 126 cm³/mol. The van der Waals surface area contributed by atoms with Crippen LogP contribution in [-0.2, 0) is 23.1 Å². The number of anilines is 1. The van der Waals surface area contributed by atoms with E-state index in [9.17, 15) is 22.8 Å². The summed E-state index contributed by atoms with van der Waals surface area (Å²) in [6.45, 7) is -0.0801. The van der Waals surface area contributed by atoms with Crippen LogP contribution in [0.15, 0.2) is 71.6 Å². The summed E-state index contributed by atoms with van der Waals surface area (Å²) in [4.78, 5) is 36.0. The van der Waals surface area contributed by atoms with E-state index < -0.39 is 27.9 Å². The number of amides is 3. The number of carboxylic acids is 1. The fourth-order valence-corrected chi connectivity index (χ4v) is 4.98. The standard InChI is InChI=1S/C24H21N3O7S/c1-34-19-9-4-15(5-10-19)13-25-22(28)18-8-11-20-21(12-18)35(32,33)27(24(31)26-20)14-16-2-6-17(7-3-16)23(29)30/h2-12H,13-14H2,1H3,(H,25,28)(H,26,31)(H,29,30). The van der Waals surface area contributed by atoms with Crippen LogP contribution in [0, 0.1) is 0 Å². The highest BCUT2D eigenvalue weighted by atomic mass is 32.2. The molecule has 0 bridgehead atoms. The Hall–Kier alpha value is -4.38. The summed E-state index contributed by atoms with van der Waals surface area (Å²) < 4.78 is 32.2. The molecule has 35 heavy (non-hydrogen) atoms. The summed E-state index contributed by atoms with van der Waals surface area (Å²) >= 11 is 0. The molecule has 180 valence electrons. The Bertz CT molecular complexity index is 1400. The lowest BCUT2D eigenvalue weighted by molar-refractivity contribution is 0.0696. The molecule has 0 atom stereocenters. The SMILES string of the molecule is COc1ccc(CNC(=O)c2ccc3c(c2)S(=O)(=O)N(Cc2ccc(C(=O)O)cc2)C(=O)N3)cc1. The molecule has 10 nitrogen and oxygen atoms in total. The number of hydrogen-bond acceptors (Lipinski definition) is 6. The summed E-state index contributed by atoms with van der Waals surface area (Å²) in [6.07, 6.45) is 0.